The second-order valence-corrected chi connectivity index (χ2v) is 5.58. The molecule has 0 spiro atoms. The minimum atomic E-state index is -0.327. The molecule has 1 amide bonds. The third-order valence-electron chi connectivity index (χ3n) is 3.48. The van der Waals surface area contributed by atoms with Crippen molar-refractivity contribution in [3.63, 3.8) is 0 Å². The molecule has 7 heteroatoms. The van der Waals surface area contributed by atoms with Crippen LogP contribution in [0.3, 0.4) is 0 Å². The highest BCUT2D eigenvalue weighted by atomic mass is 32.1. The second kappa shape index (κ2) is 7.18. The first-order chi connectivity index (χ1) is 11.6. The number of benzene rings is 2. The number of carbonyl (C=O) groups is 1. The molecular weight excluding hydrogens is 327 g/mol. The predicted molar refractivity (Wildman–Crippen MR) is 90.7 cm³/mol. The van der Waals surface area contributed by atoms with E-state index in [1.807, 2.05) is 30.3 Å². The molecule has 3 rings (SSSR count). The van der Waals surface area contributed by atoms with Gasteiger partial charge in [0.25, 0.3) is 0 Å². The van der Waals surface area contributed by atoms with Crippen LogP contribution in [0.2, 0.25) is 0 Å². The third-order valence-corrected chi connectivity index (χ3v) is 3.75. The zero-order valence-corrected chi connectivity index (χ0v) is 13.5. The predicted octanol–water partition coefficient (Wildman–Crippen LogP) is 2.93. The zero-order chi connectivity index (χ0) is 16.9. The van der Waals surface area contributed by atoms with E-state index in [-0.39, 0.29) is 18.3 Å². The quantitative estimate of drug-likeness (QED) is 0.701. The summed E-state index contributed by atoms with van der Waals surface area (Å²) < 4.78 is 15.1. The van der Waals surface area contributed by atoms with Crippen molar-refractivity contribution in [2.45, 2.75) is 13.0 Å². The summed E-state index contributed by atoms with van der Waals surface area (Å²) in [4.78, 5) is 12.1. The molecule has 0 saturated heterocycles. The van der Waals surface area contributed by atoms with Gasteiger partial charge in [-0.25, -0.2) is 4.39 Å². The summed E-state index contributed by atoms with van der Waals surface area (Å²) in [5.74, 6) is 0.111. The molecule has 24 heavy (non-hydrogen) atoms. The van der Waals surface area contributed by atoms with Crippen molar-refractivity contribution in [3.8, 4) is 5.69 Å². The summed E-state index contributed by atoms with van der Waals surface area (Å²) in [6.07, 6.45) is 0.294. The number of amides is 1. The third kappa shape index (κ3) is 3.75. The molecule has 2 aromatic carbocycles. The van der Waals surface area contributed by atoms with Crippen molar-refractivity contribution in [1.29, 1.82) is 0 Å². The van der Waals surface area contributed by atoms with Gasteiger partial charge >= 0.3 is 0 Å². The molecule has 0 aliphatic heterocycles. The minimum Gasteiger partial charge on any atom is -0.348 e. The maximum Gasteiger partial charge on any atom is 0.224 e. The molecule has 0 atom stereocenters. The van der Waals surface area contributed by atoms with Gasteiger partial charge in [-0.3, -0.25) is 14.5 Å². The number of rotatable bonds is 5. The van der Waals surface area contributed by atoms with Crippen molar-refractivity contribution in [2.75, 3.05) is 0 Å². The number of H-pyrrole nitrogens is 1. The molecular formula is C17H15FN4OS. The first-order valence-electron chi connectivity index (χ1n) is 7.36. The Bertz CT molecular complexity index is 887. The molecule has 0 bridgehead atoms. The van der Waals surface area contributed by atoms with Crippen LogP contribution in [-0.2, 0) is 17.8 Å². The SMILES string of the molecule is O=C(Cc1ccccc1)NCc1n[nH]c(=S)n1-c1ccc(F)cc1. The van der Waals surface area contributed by atoms with Crippen LogP contribution in [0, 0.1) is 10.6 Å². The van der Waals surface area contributed by atoms with E-state index in [2.05, 4.69) is 15.5 Å². The number of halogens is 1. The van der Waals surface area contributed by atoms with Gasteiger partial charge < -0.3 is 5.32 Å². The Balaban J connectivity index is 1.71. The Morgan fingerprint density at radius 2 is 1.88 bits per heavy atom. The van der Waals surface area contributed by atoms with Gasteiger partial charge in [0.15, 0.2) is 10.6 Å². The fourth-order valence-corrected chi connectivity index (χ4v) is 2.58. The lowest BCUT2D eigenvalue weighted by Crippen LogP contribution is -2.26. The van der Waals surface area contributed by atoms with Gasteiger partial charge in [-0.1, -0.05) is 30.3 Å². The molecule has 2 N–H and O–H groups in total. The summed E-state index contributed by atoms with van der Waals surface area (Å²) in [7, 11) is 0. The van der Waals surface area contributed by atoms with E-state index in [1.165, 1.54) is 12.1 Å². The van der Waals surface area contributed by atoms with Crippen LogP contribution in [0.4, 0.5) is 4.39 Å². The maximum absolute atomic E-state index is 13.1. The lowest BCUT2D eigenvalue weighted by Gasteiger charge is -2.08. The van der Waals surface area contributed by atoms with Crippen LogP contribution in [0.15, 0.2) is 54.6 Å². The van der Waals surface area contributed by atoms with Gasteiger partial charge in [0.2, 0.25) is 5.91 Å². The van der Waals surface area contributed by atoms with E-state index < -0.39 is 0 Å². The fourth-order valence-electron chi connectivity index (χ4n) is 2.33. The molecule has 0 fully saturated rings. The Morgan fingerprint density at radius 3 is 2.58 bits per heavy atom. The van der Waals surface area contributed by atoms with Gasteiger partial charge in [0, 0.05) is 5.69 Å². The molecule has 1 aromatic heterocycles. The number of hydrogen-bond donors (Lipinski definition) is 2. The summed E-state index contributed by atoms with van der Waals surface area (Å²) in [5, 5.41) is 9.65. The van der Waals surface area contributed by atoms with Crippen molar-refractivity contribution in [3.05, 3.63) is 76.6 Å². The fraction of sp³-hybridized carbons (Fsp3) is 0.118. The van der Waals surface area contributed by atoms with Crippen LogP contribution in [0.1, 0.15) is 11.4 Å². The van der Waals surface area contributed by atoms with Crippen molar-refractivity contribution < 1.29 is 9.18 Å². The summed E-state index contributed by atoms with van der Waals surface area (Å²) in [6.45, 7) is 0.218. The lowest BCUT2D eigenvalue weighted by atomic mass is 10.1. The molecule has 0 saturated carbocycles. The molecule has 5 nitrogen and oxygen atoms in total. The normalized spacial score (nSPS) is 10.5. The molecule has 3 aromatic rings. The van der Waals surface area contributed by atoms with Gasteiger partial charge in [-0.2, -0.15) is 5.10 Å². The van der Waals surface area contributed by atoms with Gasteiger partial charge in [-0.05, 0) is 42.0 Å². The Kier molecular flexibility index (Phi) is 4.81. The van der Waals surface area contributed by atoms with Gasteiger partial charge in [0.1, 0.15) is 5.82 Å². The van der Waals surface area contributed by atoms with Crippen LogP contribution in [-0.4, -0.2) is 20.7 Å². The highest BCUT2D eigenvalue weighted by Gasteiger charge is 2.10. The summed E-state index contributed by atoms with van der Waals surface area (Å²) >= 11 is 5.21. The van der Waals surface area contributed by atoms with Crippen molar-refractivity contribution in [2.24, 2.45) is 0 Å². The highest BCUT2D eigenvalue weighted by molar-refractivity contribution is 7.71. The highest BCUT2D eigenvalue weighted by Crippen LogP contribution is 2.12. The molecule has 1 heterocycles. The van der Waals surface area contributed by atoms with E-state index >= 15 is 0 Å². The Hall–Kier alpha value is -2.80. The average molecular weight is 342 g/mol. The number of aromatic amines is 1. The number of aromatic nitrogens is 3. The monoisotopic (exact) mass is 342 g/mol. The molecule has 0 aliphatic rings. The van der Waals surface area contributed by atoms with Crippen LogP contribution in [0.5, 0.6) is 0 Å². The number of nitrogens with zero attached hydrogens (tertiary/aromatic N) is 2. The standard InChI is InChI=1S/C17H15FN4OS/c18-13-6-8-14(9-7-13)22-15(20-21-17(22)24)11-19-16(23)10-12-4-2-1-3-5-12/h1-9H,10-11H2,(H,19,23)(H,21,24). The first-order valence-corrected chi connectivity index (χ1v) is 7.77. The number of carbonyl (C=O) groups excluding carboxylic acids is 1. The molecule has 0 unspecified atom stereocenters. The van der Waals surface area contributed by atoms with E-state index in [9.17, 15) is 9.18 Å². The van der Waals surface area contributed by atoms with Crippen molar-refractivity contribution >= 4 is 18.1 Å². The van der Waals surface area contributed by atoms with Crippen LogP contribution >= 0.6 is 12.2 Å². The van der Waals surface area contributed by atoms with Crippen LogP contribution in [0.25, 0.3) is 5.69 Å². The van der Waals surface area contributed by atoms with E-state index in [4.69, 9.17) is 12.2 Å². The average Bonchev–Trinajstić information content (AvgIpc) is 2.95. The van der Waals surface area contributed by atoms with Gasteiger partial charge in [-0.15, -0.1) is 0 Å². The Morgan fingerprint density at radius 1 is 1.17 bits per heavy atom. The molecule has 0 radical (unpaired) electrons. The lowest BCUT2D eigenvalue weighted by molar-refractivity contribution is -0.120. The second-order valence-electron chi connectivity index (χ2n) is 5.20. The summed E-state index contributed by atoms with van der Waals surface area (Å²) in [6, 6.07) is 15.4. The van der Waals surface area contributed by atoms with E-state index in [0.717, 1.165) is 5.56 Å². The smallest absolute Gasteiger partial charge is 0.224 e. The van der Waals surface area contributed by atoms with E-state index in [0.29, 0.717) is 22.7 Å². The minimum absolute atomic E-state index is 0.110. The first kappa shape index (κ1) is 16.1. The molecule has 122 valence electrons. The number of hydrogen-bond acceptors (Lipinski definition) is 3. The zero-order valence-electron chi connectivity index (χ0n) is 12.7. The van der Waals surface area contributed by atoms with Crippen molar-refractivity contribution in [1.82, 2.24) is 20.1 Å². The topological polar surface area (TPSA) is 62.7 Å². The van der Waals surface area contributed by atoms with E-state index in [1.54, 1.807) is 16.7 Å². The largest absolute Gasteiger partial charge is 0.348 e. The van der Waals surface area contributed by atoms with Crippen LogP contribution < -0.4 is 5.32 Å². The number of nitrogens with one attached hydrogen (secondary N) is 2. The maximum atomic E-state index is 13.1. The van der Waals surface area contributed by atoms with Gasteiger partial charge in [0.05, 0.1) is 13.0 Å². The summed E-state index contributed by atoms with van der Waals surface area (Å²) in [5.41, 5.74) is 1.62. The Labute approximate surface area is 143 Å². The molecule has 0 aliphatic carbocycles.